The van der Waals surface area contributed by atoms with E-state index in [0.29, 0.717) is 29.9 Å². The number of nitrogens with zero attached hydrogens (tertiary/aromatic N) is 1. The Morgan fingerprint density at radius 2 is 1.71 bits per heavy atom. The lowest BCUT2D eigenvalue weighted by Gasteiger charge is -2.11. The molecule has 1 aromatic heterocycles. The molecular formula is C22H22N4O2. The molecule has 6 nitrogen and oxygen atoms in total. The molecule has 4 N–H and O–H groups in total. The van der Waals surface area contributed by atoms with Crippen LogP contribution in [-0.2, 0) is 13.1 Å². The number of nitrogens with one attached hydrogen (secondary N) is 2. The van der Waals surface area contributed by atoms with Gasteiger partial charge in [-0.1, -0.05) is 30.3 Å². The summed E-state index contributed by atoms with van der Waals surface area (Å²) in [5.74, 6) is -0.478. The van der Waals surface area contributed by atoms with E-state index in [0.717, 1.165) is 16.7 Å². The molecule has 2 amide bonds. The Bertz CT molecular complexity index is 970. The van der Waals surface area contributed by atoms with Gasteiger partial charge in [-0.2, -0.15) is 0 Å². The Kier molecular flexibility index (Phi) is 6.14. The van der Waals surface area contributed by atoms with Crippen molar-refractivity contribution in [1.82, 2.24) is 10.3 Å². The topological polar surface area (TPSA) is 97.1 Å². The number of carbonyl (C=O) groups is 2. The van der Waals surface area contributed by atoms with Gasteiger partial charge in [0.2, 0.25) is 0 Å². The maximum absolute atomic E-state index is 12.5. The molecule has 0 aliphatic heterocycles. The number of carbonyl (C=O) groups excluding carboxylic acids is 2. The number of pyridine rings is 1. The fourth-order valence-corrected chi connectivity index (χ4v) is 2.67. The zero-order valence-corrected chi connectivity index (χ0v) is 15.6. The molecule has 0 spiro atoms. The van der Waals surface area contributed by atoms with Crippen molar-refractivity contribution < 1.29 is 9.59 Å². The first-order valence-electron chi connectivity index (χ1n) is 8.95. The lowest BCUT2D eigenvalue weighted by molar-refractivity contribution is 0.0949. The van der Waals surface area contributed by atoms with E-state index in [1.165, 1.54) is 6.20 Å². The van der Waals surface area contributed by atoms with Crippen molar-refractivity contribution in [3.8, 4) is 0 Å². The van der Waals surface area contributed by atoms with Gasteiger partial charge in [0.05, 0.1) is 5.56 Å². The Morgan fingerprint density at radius 1 is 0.964 bits per heavy atom. The summed E-state index contributed by atoms with van der Waals surface area (Å²) in [7, 11) is 0. The molecule has 1 heterocycles. The van der Waals surface area contributed by atoms with Crippen LogP contribution in [0.2, 0.25) is 0 Å². The molecule has 142 valence electrons. The van der Waals surface area contributed by atoms with E-state index in [1.54, 1.807) is 30.5 Å². The highest BCUT2D eigenvalue weighted by Crippen LogP contribution is 2.18. The summed E-state index contributed by atoms with van der Waals surface area (Å²) in [5.41, 5.74) is 10.0. The van der Waals surface area contributed by atoms with Crippen molar-refractivity contribution in [3.63, 3.8) is 0 Å². The number of aryl methyl sites for hydroxylation is 1. The molecule has 3 rings (SSSR count). The van der Waals surface area contributed by atoms with Crippen molar-refractivity contribution in [2.24, 2.45) is 5.73 Å². The van der Waals surface area contributed by atoms with Crippen LogP contribution in [0.1, 0.15) is 37.4 Å². The zero-order valence-electron chi connectivity index (χ0n) is 15.6. The quantitative estimate of drug-likeness (QED) is 0.618. The molecule has 0 aliphatic rings. The van der Waals surface area contributed by atoms with Crippen LogP contribution < -0.4 is 16.4 Å². The summed E-state index contributed by atoms with van der Waals surface area (Å²) < 4.78 is 0. The third-order valence-corrected chi connectivity index (χ3v) is 4.38. The highest BCUT2D eigenvalue weighted by atomic mass is 16.2. The molecule has 2 aromatic carbocycles. The summed E-state index contributed by atoms with van der Waals surface area (Å²) in [6, 6.07) is 16.4. The van der Waals surface area contributed by atoms with E-state index < -0.39 is 0 Å². The molecule has 6 heteroatoms. The van der Waals surface area contributed by atoms with Gasteiger partial charge in [0.15, 0.2) is 0 Å². The van der Waals surface area contributed by atoms with Crippen LogP contribution in [0.3, 0.4) is 0 Å². The molecule has 0 saturated carbocycles. The SMILES string of the molecule is Cc1ccc(C(=O)NCc2ccc(CN)cc2)cc1NC(=O)c1cccnc1. The Hall–Kier alpha value is -3.51. The molecule has 0 aliphatic carbocycles. The number of aromatic nitrogens is 1. The molecule has 0 saturated heterocycles. The maximum atomic E-state index is 12.5. The smallest absolute Gasteiger partial charge is 0.257 e. The lowest BCUT2D eigenvalue weighted by Crippen LogP contribution is -2.23. The summed E-state index contributed by atoms with van der Waals surface area (Å²) in [4.78, 5) is 28.8. The van der Waals surface area contributed by atoms with Crippen molar-refractivity contribution in [2.75, 3.05) is 5.32 Å². The number of anilines is 1. The minimum absolute atomic E-state index is 0.209. The predicted octanol–water partition coefficient (Wildman–Crippen LogP) is 3.03. The van der Waals surface area contributed by atoms with E-state index in [9.17, 15) is 9.59 Å². The van der Waals surface area contributed by atoms with E-state index >= 15 is 0 Å². The van der Waals surface area contributed by atoms with Gasteiger partial charge in [-0.15, -0.1) is 0 Å². The summed E-state index contributed by atoms with van der Waals surface area (Å²) in [6.07, 6.45) is 3.10. The molecule has 3 aromatic rings. The summed E-state index contributed by atoms with van der Waals surface area (Å²) in [6.45, 7) is 2.78. The highest BCUT2D eigenvalue weighted by molar-refractivity contribution is 6.05. The Morgan fingerprint density at radius 3 is 2.39 bits per heavy atom. The first-order chi connectivity index (χ1) is 13.6. The number of hydrogen-bond acceptors (Lipinski definition) is 4. The third kappa shape index (κ3) is 4.81. The summed E-state index contributed by atoms with van der Waals surface area (Å²) in [5, 5.41) is 5.73. The third-order valence-electron chi connectivity index (χ3n) is 4.38. The normalized spacial score (nSPS) is 10.4. The average Bonchev–Trinajstić information content (AvgIpc) is 2.74. The van der Waals surface area contributed by atoms with Crippen LogP contribution in [0.4, 0.5) is 5.69 Å². The number of nitrogens with two attached hydrogens (primary N) is 1. The minimum atomic E-state index is -0.270. The van der Waals surface area contributed by atoms with Crippen molar-refractivity contribution >= 4 is 17.5 Å². The monoisotopic (exact) mass is 374 g/mol. The highest BCUT2D eigenvalue weighted by Gasteiger charge is 2.11. The van der Waals surface area contributed by atoms with Gasteiger partial charge in [-0.05, 0) is 47.9 Å². The van der Waals surface area contributed by atoms with E-state index in [2.05, 4.69) is 15.6 Å². The molecule has 0 radical (unpaired) electrons. The molecular weight excluding hydrogens is 352 g/mol. The average molecular weight is 374 g/mol. The fraction of sp³-hybridized carbons (Fsp3) is 0.136. The van der Waals surface area contributed by atoms with Crippen molar-refractivity contribution in [2.45, 2.75) is 20.0 Å². The second-order valence-corrected chi connectivity index (χ2v) is 6.43. The summed E-state index contributed by atoms with van der Waals surface area (Å²) >= 11 is 0. The van der Waals surface area contributed by atoms with Crippen molar-refractivity contribution in [3.05, 3.63) is 94.8 Å². The van der Waals surface area contributed by atoms with Crippen LogP contribution >= 0.6 is 0 Å². The molecule has 0 bridgehead atoms. The Balaban J connectivity index is 1.67. The van der Waals surface area contributed by atoms with Gasteiger partial charge < -0.3 is 16.4 Å². The number of rotatable bonds is 6. The van der Waals surface area contributed by atoms with Gasteiger partial charge in [0, 0.05) is 36.7 Å². The van der Waals surface area contributed by atoms with Crippen LogP contribution in [0.25, 0.3) is 0 Å². The zero-order chi connectivity index (χ0) is 19.9. The van der Waals surface area contributed by atoms with Gasteiger partial charge in [0.1, 0.15) is 0 Å². The predicted molar refractivity (Wildman–Crippen MR) is 109 cm³/mol. The van der Waals surface area contributed by atoms with Gasteiger partial charge in [0.25, 0.3) is 11.8 Å². The van der Waals surface area contributed by atoms with Gasteiger partial charge in [-0.3, -0.25) is 14.6 Å². The minimum Gasteiger partial charge on any atom is -0.348 e. The number of amides is 2. The van der Waals surface area contributed by atoms with Crippen LogP contribution in [0.15, 0.2) is 67.0 Å². The van der Waals surface area contributed by atoms with E-state index in [4.69, 9.17) is 5.73 Å². The molecule has 0 atom stereocenters. The van der Waals surface area contributed by atoms with Gasteiger partial charge >= 0.3 is 0 Å². The second-order valence-electron chi connectivity index (χ2n) is 6.43. The largest absolute Gasteiger partial charge is 0.348 e. The maximum Gasteiger partial charge on any atom is 0.257 e. The number of hydrogen-bond donors (Lipinski definition) is 3. The first-order valence-corrected chi connectivity index (χ1v) is 8.95. The fourth-order valence-electron chi connectivity index (χ4n) is 2.67. The van der Waals surface area contributed by atoms with Crippen molar-refractivity contribution in [1.29, 1.82) is 0 Å². The standard InChI is InChI=1S/C22H22N4O2/c1-15-4-9-18(11-20(15)26-22(28)19-3-2-10-24-14-19)21(27)25-13-17-7-5-16(12-23)6-8-17/h2-11,14H,12-13,23H2,1H3,(H,25,27)(H,26,28). The molecule has 0 unspecified atom stereocenters. The Labute approximate surface area is 163 Å². The van der Waals surface area contributed by atoms with Crippen LogP contribution in [-0.4, -0.2) is 16.8 Å². The lowest BCUT2D eigenvalue weighted by atomic mass is 10.1. The molecule has 0 fully saturated rings. The first kappa shape index (κ1) is 19.3. The van der Waals surface area contributed by atoms with Crippen LogP contribution in [0.5, 0.6) is 0 Å². The van der Waals surface area contributed by atoms with Gasteiger partial charge in [-0.25, -0.2) is 0 Å². The molecule has 28 heavy (non-hydrogen) atoms. The van der Waals surface area contributed by atoms with E-state index in [1.807, 2.05) is 37.3 Å². The van der Waals surface area contributed by atoms with E-state index in [-0.39, 0.29) is 11.8 Å². The second kappa shape index (κ2) is 8.92. The number of benzene rings is 2. The van der Waals surface area contributed by atoms with Crippen LogP contribution in [0, 0.1) is 6.92 Å².